The Morgan fingerprint density at radius 1 is 1.07 bits per heavy atom. The minimum absolute atomic E-state index is 0.00108. The number of carbonyl (C=O) groups is 1. The van der Waals surface area contributed by atoms with Crippen LogP contribution < -0.4 is 10.2 Å². The number of nitrogens with one attached hydrogen (secondary N) is 1. The van der Waals surface area contributed by atoms with Gasteiger partial charge >= 0.3 is 0 Å². The van der Waals surface area contributed by atoms with E-state index >= 15 is 0 Å². The zero-order valence-electron chi connectivity index (χ0n) is 16.2. The molecule has 0 radical (unpaired) electrons. The van der Waals surface area contributed by atoms with Crippen LogP contribution in [0.4, 0.5) is 20.2 Å². The zero-order chi connectivity index (χ0) is 21.2. The number of rotatable bonds is 5. The molecule has 0 spiro atoms. The SMILES string of the molecule is CN(C)c1c(F)cc(NC(=O)C(c2ccccc2)N2CCS(=O)(=O)CC2)cc1F. The molecule has 1 fully saturated rings. The van der Waals surface area contributed by atoms with Gasteiger partial charge in [-0.2, -0.15) is 0 Å². The summed E-state index contributed by atoms with van der Waals surface area (Å²) in [5.41, 5.74) is 0.486. The maximum Gasteiger partial charge on any atom is 0.246 e. The van der Waals surface area contributed by atoms with E-state index in [1.165, 1.54) is 19.0 Å². The van der Waals surface area contributed by atoms with Crippen molar-refractivity contribution in [3.63, 3.8) is 0 Å². The topological polar surface area (TPSA) is 69.7 Å². The van der Waals surface area contributed by atoms with Crippen LogP contribution in [0.2, 0.25) is 0 Å². The second kappa shape index (κ2) is 8.46. The molecule has 29 heavy (non-hydrogen) atoms. The van der Waals surface area contributed by atoms with E-state index in [9.17, 15) is 22.0 Å². The van der Waals surface area contributed by atoms with E-state index < -0.39 is 33.4 Å². The van der Waals surface area contributed by atoms with Gasteiger partial charge in [0.2, 0.25) is 5.91 Å². The monoisotopic (exact) mass is 423 g/mol. The molecule has 1 aliphatic rings. The summed E-state index contributed by atoms with van der Waals surface area (Å²) in [7, 11) is -0.0705. The van der Waals surface area contributed by atoms with Gasteiger partial charge in [-0.1, -0.05) is 30.3 Å². The molecular weight excluding hydrogens is 400 g/mol. The van der Waals surface area contributed by atoms with Gasteiger partial charge in [0.1, 0.15) is 11.7 Å². The Morgan fingerprint density at radius 2 is 1.62 bits per heavy atom. The van der Waals surface area contributed by atoms with E-state index in [-0.39, 0.29) is 36.0 Å². The van der Waals surface area contributed by atoms with Crippen molar-refractivity contribution in [2.75, 3.05) is 48.9 Å². The first-order chi connectivity index (χ1) is 13.7. The van der Waals surface area contributed by atoms with Crippen molar-refractivity contribution in [3.8, 4) is 0 Å². The molecule has 2 aromatic rings. The molecule has 6 nitrogen and oxygen atoms in total. The summed E-state index contributed by atoms with van der Waals surface area (Å²) in [6, 6.07) is 10.3. The number of hydrogen-bond acceptors (Lipinski definition) is 5. The minimum atomic E-state index is -3.12. The summed E-state index contributed by atoms with van der Waals surface area (Å²) in [6.07, 6.45) is 0. The predicted molar refractivity (Wildman–Crippen MR) is 109 cm³/mol. The van der Waals surface area contributed by atoms with Crippen LogP contribution in [0, 0.1) is 11.6 Å². The van der Waals surface area contributed by atoms with Crippen molar-refractivity contribution >= 4 is 27.1 Å². The highest BCUT2D eigenvalue weighted by atomic mass is 32.2. The lowest BCUT2D eigenvalue weighted by Crippen LogP contribution is -2.46. The third-order valence-corrected chi connectivity index (χ3v) is 6.45. The Morgan fingerprint density at radius 3 is 2.14 bits per heavy atom. The molecule has 1 amide bonds. The number of hydrogen-bond donors (Lipinski definition) is 1. The smallest absolute Gasteiger partial charge is 0.246 e. The third kappa shape index (κ3) is 4.91. The highest BCUT2D eigenvalue weighted by Crippen LogP contribution is 2.28. The molecule has 0 bridgehead atoms. The van der Waals surface area contributed by atoms with Gasteiger partial charge in [0, 0.05) is 32.9 Å². The average Bonchev–Trinajstić information content (AvgIpc) is 2.63. The molecule has 1 unspecified atom stereocenters. The summed E-state index contributed by atoms with van der Waals surface area (Å²) in [4.78, 5) is 16.1. The predicted octanol–water partition coefficient (Wildman–Crippen LogP) is 2.44. The Kier molecular flexibility index (Phi) is 6.18. The minimum Gasteiger partial charge on any atom is -0.373 e. The molecule has 1 heterocycles. The van der Waals surface area contributed by atoms with Gasteiger partial charge in [-0.25, -0.2) is 17.2 Å². The number of sulfone groups is 1. The maximum atomic E-state index is 14.3. The van der Waals surface area contributed by atoms with Crippen molar-refractivity contribution < 1.29 is 22.0 Å². The van der Waals surface area contributed by atoms with Gasteiger partial charge in [-0.3, -0.25) is 9.69 Å². The Bertz CT molecular complexity index is 960. The summed E-state index contributed by atoms with van der Waals surface area (Å²) >= 11 is 0. The quantitative estimate of drug-likeness (QED) is 0.800. The lowest BCUT2D eigenvalue weighted by molar-refractivity contribution is -0.121. The first-order valence-corrected chi connectivity index (χ1v) is 11.0. The Labute approximate surface area is 169 Å². The van der Waals surface area contributed by atoms with Crippen LogP contribution in [0.5, 0.6) is 0 Å². The van der Waals surface area contributed by atoms with Crippen LogP contribution in [0.1, 0.15) is 11.6 Å². The van der Waals surface area contributed by atoms with Gasteiger partial charge in [0.15, 0.2) is 21.5 Å². The average molecular weight is 423 g/mol. The lowest BCUT2D eigenvalue weighted by Gasteiger charge is -2.33. The van der Waals surface area contributed by atoms with Crippen LogP contribution in [0.25, 0.3) is 0 Å². The van der Waals surface area contributed by atoms with Gasteiger partial charge < -0.3 is 10.2 Å². The molecule has 9 heteroatoms. The number of amides is 1. The van der Waals surface area contributed by atoms with E-state index in [1.807, 2.05) is 6.07 Å². The fourth-order valence-corrected chi connectivity index (χ4v) is 4.65. The molecule has 0 saturated carbocycles. The number of benzene rings is 2. The number of halogens is 2. The van der Waals surface area contributed by atoms with E-state index in [2.05, 4.69) is 5.32 Å². The number of nitrogens with zero attached hydrogens (tertiary/aromatic N) is 2. The first-order valence-electron chi connectivity index (χ1n) is 9.14. The van der Waals surface area contributed by atoms with Crippen LogP contribution in [-0.4, -0.2) is 57.9 Å². The van der Waals surface area contributed by atoms with Crippen LogP contribution in [0.3, 0.4) is 0 Å². The molecule has 1 saturated heterocycles. The summed E-state index contributed by atoms with van der Waals surface area (Å²) in [5.74, 6) is -2.13. The van der Waals surface area contributed by atoms with Crippen molar-refractivity contribution in [2.45, 2.75) is 6.04 Å². The second-order valence-corrected chi connectivity index (χ2v) is 9.48. The van der Waals surface area contributed by atoms with E-state index in [0.29, 0.717) is 5.56 Å². The van der Waals surface area contributed by atoms with Crippen LogP contribution in [0.15, 0.2) is 42.5 Å². The summed E-state index contributed by atoms with van der Waals surface area (Å²) in [5, 5.41) is 2.58. The Balaban J connectivity index is 1.88. The van der Waals surface area contributed by atoms with E-state index in [1.54, 1.807) is 29.2 Å². The Hall–Kier alpha value is -2.52. The molecular formula is C20H23F2N3O3S. The molecule has 2 aromatic carbocycles. The number of carbonyl (C=O) groups excluding carboxylic acids is 1. The largest absolute Gasteiger partial charge is 0.373 e. The molecule has 0 aliphatic carbocycles. The highest BCUT2D eigenvalue weighted by Gasteiger charge is 2.32. The van der Waals surface area contributed by atoms with Crippen molar-refractivity contribution in [1.29, 1.82) is 0 Å². The maximum absolute atomic E-state index is 14.3. The third-order valence-electron chi connectivity index (χ3n) is 4.84. The van der Waals surface area contributed by atoms with E-state index in [0.717, 1.165) is 12.1 Å². The second-order valence-electron chi connectivity index (χ2n) is 7.17. The number of anilines is 2. The lowest BCUT2D eigenvalue weighted by atomic mass is 10.0. The normalized spacial score (nSPS) is 17.5. The highest BCUT2D eigenvalue weighted by molar-refractivity contribution is 7.91. The summed E-state index contributed by atoms with van der Waals surface area (Å²) < 4.78 is 52.1. The molecule has 1 aliphatic heterocycles. The molecule has 156 valence electrons. The van der Waals surface area contributed by atoms with Gasteiger partial charge in [-0.15, -0.1) is 0 Å². The van der Waals surface area contributed by atoms with Crippen molar-refractivity contribution in [1.82, 2.24) is 4.90 Å². The van der Waals surface area contributed by atoms with Crippen LogP contribution in [-0.2, 0) is 14.6 Å². The molecule has 3 rings (SSSR count). The molecule has 1 atom stereocenters. The summed E-state index contributed by atoms with van der Waals surface area (Å²) in [6.45, 7) is 0.412. The molecule has 1 N–H and O–H groups in total. The fraction of sp³-hybridized carbons (Fsp3) is 0.350. The fourth-order valence-electron chi connectivity index (χ4n) is 3.42. The van der Waals surface area contributed by atoms with E-state index in [4.69, 9.17) is 0 Å². The van der Waals surface area contributed by atoms with Crippen molar-refractivity contribution in [2.24, 2.45) is 0 Å². The van der Waals surface area contributed by atoms with Gasteiger partial charge in [0.25, 0.3) is 0 Å². The standard InChI is InChI=1S/C20H23F2N3O3S/c1-24(2)19-16(21)12-15(13-17(19)22)23-20(26)18(14-6-4-3-5-7-14)25-8-10-29(27,28)11-9-25/h3-7,12-13,18H,8-11H2,1-2H3,(H,23,26). The molecule has 0 aromatic heterocycles. The first kappa shape index (κ1) is 21.2. The van der Waals surface area contributed by atoms with Gasteiger partial charge in [-0.05, 0) is 17.7 Å². The van der Waals surface area contributed by atoms with Gasteiger partial charge in [0.05, 0.1) is 11.5 Å². The van der Waals surface area contributed by atoms with Crippen molar-refractivity contribution in [3.05, 3.63) is 59.7 Å². The zero-order valence-corrected chi connectivity index (χ0v) is 17.0. The van der Waals surface area contributed by atoms with Crippen LogP contribution >= 0.6 is 0 Å².